The van der Waals surface area contributed by atoms with Crippen molar-refractivity contribution in [1.29, 1.82) is 0 Å². The van der Waals surface area contributed by atoms with Crippen molar-refractivity contribution in [3.63, 3.8) is 0 Å². The molecule has 0 saturated heterocycles. The SMILES string of the molecule is CC(C)[C@@H](N)c1nc(-c2cnc3ccsc3c2)no1. The van der Waals surface area contributed by atoms with E-state index in [1.54, 1.807) is 17.5 Å². The number of rotatable bonds is 3. The Balaban J connectivity index is 1.97. The first-order valence-electron chi connectivity index (χ1n) is 6.08. The molecule has 3 heterocycles. The van der Waals surface area contributed by atoms with E-state index in [2.05, 4.69) is 15.1 Å². The predicted molar refractivity (Wildman–Crippen MR) is 74.7 cm³/mol. The van der Waals surface area contributed by atoms with Crippen LogP contribution in [0, 0.1) is 5.92 Å². The van der Waals surface area contributed by atoms with Crippen LogP contribution in [0.15, 0.2) is 28.2 Å². The van der Waals surface area contributed by atoms with Crippen molar-refractivity contribution in [3.8, 4) is 11.4 Å². The molecule has 2 N–H and O–H groups in total. The lowest BCUT2D eigenvalue weighted by molar-refractivity contribution is 0.325. The maximum Gasteiger partial charge on any atom is 0.244 e. The van der Waals surface area contributed by atoms with Crippen molar-refractivity contribution in [3.05, 3.63) is 29.6 Å². The molecule has 0 unspecified atom stereocenters. The first-order valence-corrected chi connectivity index (χ1v) is 6.96. The van der Waals surface area contributed by atoms with Crippen LogP contribution in [-0.2, 0) is 0 Å². The molecule has 0 aliphatic heterocycles. The van der Waals surface area contributed by atoms with Crippen LogP contribution < -0.4 is 5.73 Å². The zero-order valence-electron chi connectivity index (χ0n) is 10.7. The molecular formula is C13H14N4OS. The Morgan fingerprint density at radius 1 is 1.37 bits per heavy atom. The third-order valence-electron chi connectivity index (χ3n) is 3.01. The van der Waals surface area contributed by atoms with E-state index in [-0.39, 0.29) is 12.0 Å². The first kappa shape index (κ1) is 12.3. The fourth-order valence-corrected chi connectivity index (χ4v) is 2.52. The monoisotopic (exact) mass is 274 g/mol. The van der Waals surface area contributed by atoms with Gasteiger partial charge in [-0.05, 0) is 23.4 Å². The summed E-state index contributed by atoms with van der Waals surface area (Å²) in [6.45, 7) is 4.04. The fourth-order valence-electron chi connectivity index (χ4n) is 1.74. The highest BCUT2D eigenvalue weighted by atomic mass is 32.1. The number of nitrogens with two attached hydrogens (primary N) is 1. The second kappa shape index (κ2) is 4.71. The van der Waals surface area contributed by atoms with Gasteiger partial charge >= 0.3 is 0 Å². The number of pyridine rings is 1. The Labute approximate surface area is 114 Å². The van der Waals surface area contributed by atoms with Crippen molar-refractivity contribution < 1.29 is 4.52 Å². The molecule has 0 bridgehead atoms. The standard InChI is InChI=1S/C13H14N4OS/c1-7(2)11(14)13-16-12(17-18-13)8-5-10-9(15-6-8)3-4-19-10/h3-7,11H,14H2,1-2H3/t11-/m1/s1. The number of hydrogen-bond acceptors (Lipinski definition) is 6. The molecular weight excluding hydrogens is 260 g/mol. The van der Waals surface area contributed by atoms with Gasteiger partial charge in [0, 0.05) is 11.8 Å². The molecule has 0 aromatic carbocycles. The third kappa shape index (κ3) is 2.24. The Morgan fingerprint density at radius 3 is 3.00 bits per heavy atom. The largest absolute Gasteiger partial charge is 0.337 e. The lowest BCUT2D eigenvalue weighted by atomic mass is 10.1. The summed E-state index contributed by atoms with van der Waals surface area (Å²) < 4.78 is 6.33. The van der Waals surface area contributed by atoms with Gasteiger partial charge in [-0.1, -0.05) is 19.0 Å². The summed E-state index contributed by atoms with van der Waals surface area (Å²) in [6.07, 6.45) is 1.75. The molecule has 0 spiro atoms. The smallest absolute Gasteiger partial charge is 0.244 e. The van der Waals surface area contributed by atoms with Crippen LogP contribution in [-0.4, -0.2) is 15.1 Å². The van der Waals surface area contributed by atoms with E-state index < -0.39 is 0 Å². The summed E-state index contributed by atoms with van der Waals surface area (Å²) >= 11 is 1.64. The summed E-state index contributed by atoms with van der Waals surface area (Å²) in [5.41, 5.74) is 7.82. The van der Waals surface area contributed by atoms with Gasteiger partial charge in [-0.2, -0.15) is 4.98 Å². The molecule has 5 nitrogen and oxygen atoms in total. The molecule has 6 heteroatoms. The molecule has 0 saturated carbocycles. The van der Waals surface area contributed by atoms with Crippen molar-refractivity contribution >= 4 is 21.6 Å². The van der Waals surface area contributed by atoms with Gasteiger partial charge in [0.1, 0.15) is 0 Å². The number of fused-ring (bicyclic) bond motifs is 1. The normalized spacial score (nSPS) is 13.3. The highest BCUT2D eigenvalue weighted by molar-refractivity contribution is 7.17. The van der Waals surface area contributed by atoms with Crippen LogP contribution in [0.4, 0.5) is 0 Å². The first-order chi connectivity index (χ1) is 9.15. The highest BCUT2D eigenvalue weighted by Crippen LogP contribution is 2.25. The Hall–Kier alpha value is -1.79. The molecule has 0 fully saturated rings. The molecule has 98 valence electrons. The van der Waals surface area contributed by atoms with Crippen molar-refractivity contribution in [2.45, 2.75) is 19.9 Å². The van der Waals surface area contributed by atoms with Gasteiger partial charge < -0.3 is 10.3 Å². The van der Waals surface area contributed by atoms with E-state index in [0.717, 1.165) is 15.8 Å². The van der Waals surface area contributed by atoms with E-state index in [0.29, 0.717) is 11.7 Å². The topological polar surface area (TPSA) is 77.8 Å². The molecule has 0 radical (unpaired) electrons. The molecule has 0 aliphatic carbocycles. The van der Waals surface area contributed by atoms with Gasteiger partial charge in [0.2, 0.25) is 11.7 Å². The van der Waals surface area contributed by atoms with Crippen molar-refractivity contribution in [2.75, 3.05) is 0 Å². The molecule has 3 rings (SSSR count). The van der Waals surface area contributed by atoms with Crippen LogP contribution in [0.25, 0.3) is 21.6 Å². The lowest BCUT2D eigenvalue weighted by Crippen LogP contribution is -2.16. The van der Waals surface area contributed by atoms with Crippen LogP contribution in [0.5, 0.6) is 0 Å². The van der Waals surface area contributed by atoms with Crippen molar-refractivity contribution in [2.24, 2.45) is 11.7 Å². The Morgan fingerprint density at radius 2 is 2.21 bits per heavy atom. The second-order valence-corrected chi connectivity index (χ2v) is 5.70. The number of thiophene rings is 1. The molecule has 0 amide bonds. The van der Waals surface area contributed by atoms with Gasteiger partial charge in [-0.3, -0.25) is 4.98 Å². The average Bonchev–Trinajstić information content (AvgIpc) is 3.05. The molecule has 1 atom stereocenters. The van der Waals surface area contributed by atoms with Gasteiger partial charge in [0.15, 0.2) is 0 Å². The van der Waals surface area contributed by atoms with Gasteiger partial charge in [0.25, 0.3) is 0 Å². The molecule has 0 aliphatic rings. The highest BCUT2D eigenvalue weighted by Gasteiger charge is 2.18. The second-order valence-electron chi connectivity index (χ2n) is 4.75. The van der Waals surface area contributed by atoms with Gasteiger partial charge in [0.05, 0.1) is 16.3 Å². The predicted octanol–water partition coefficient (Wildman–Crippen LogP) is 3.00. The van der Waals surface area contributed by atoms with Crippen LogP contribution in [0.1, 0.15) is 25.8 Å². The van der Waals surface area contributed by atoms with Gasteiger partial charge in [-0.25, -0.2) is 0 Å². The summed E-state index contributed by atoms with van der Waals surface area (Å²) in [7, 11) is 0. The minimum atomic E-state index is -0.236. The molecule has 19 heavy (non-hydrogen) atoms. The van der Waals surface area contributed by atoms with Crippen LogP contribution >= 0.6 is 11.3 Å². The number of hydrogen-bond donors (Lipinski definition) is 1. The summed E-state index contributed by atoms with van der Waals surface area (Å²) in [6, 6.07) is 3.77. The maximum atomic E-state index is 5.99. The third-order valence-corrected chi connectivity index (χ3v) is 3.86. The quantitative estimate of drug-likeness (QED) is 0.794. The zero-order valence-corrected chi connectivity index (χ0v) is 11.5. The van der Waals surface area contributed by atoms with E-state index in [4.69, 9.17) is 10.3 Å². The van der Waals surface area contributed by atoms with E-state index >= 15 is 0 Å². The van der Waals surface area contributed by atoms with Crippen LogP contribution in [0.3, 0.4) is 0 Å². The lowest BCUT2D eigenvalue weighted by Gasteiger charge is -2.09. The number of aromatic nitrogens is 3. The van der Waals surface area contributed by atoms with E-state index in [1.165, 1.54) is 0 Å². The molecule has 3 aromatic heterocycles. The van der Waals surface area contributed by atoms with Crippen molar-refractivity contribution in [1.82, 2.24) is 15.1 Å². The summed E-state index contributed by atoms with van der Waals surface area (Å²) in [5, 5.41) is 5.99. The van der Waals surface area contributed by atoms with Gasteiger partial charge in [-0.15, -0.1) is 11.3 Å². The Kier molecular flexibility index (Phi) is 3.04. The summed E-state index contributed by atoms with van der Waals surface area (Å²) in [5.74, 6) is 1.26. The molecule has 3 aromatic rings. The van der Waals surface area contributed by atoms with Crippen LogP contribution in [0.2, 0.25) is 0 Å². The average molecular weight is 274 g/mol. The number of nitrogens with zero attached hydrogens (tertiary/aromatic N) is 3. The maximum absolute atomic E-state index is 5.99. The zero-order chi connectivity index (χ0) is 13.4. The minimum Gasteiger partial charge on any atom is -0.337 e. The fraction of sp³-hybridized carbons (Fsp3) is 0.308. The Bertz CT molecular complexity index is 703. The minimum absolute atomic E-state index is 0.236. The van der Waals surface area contributed by atoms with E-state index in [9.17, 15) is 0 Å². The van der Waals surface area contributed by atoms with E-state index in [1.807, 2.05) is 31.4 Å². The summed E-state index contributed by atoms with van der Waals surface area (Å²) in [4.78, 5) is 8.72.